The van der Waals surface area contributed by atoms with E-state index in [4.69, 9.17) is 0 Å². The van der Waals surface area contributed by atoms with Gasteiger partial charge in [-0.2, -0.15) is 0 Å². The number of hydrogen-bond donors (Lipinski definition) is 2. The van der Waals surface area contributed by atoms with Gasteiger partial charge in [0.15, 0.2) is 0 Å². The average Bonchev–Trinajstić information content (AvgIpc) is 2.80. The SMILES string of the molecule is O=C(O)C1(C(=O)NC2CCN3CCCC23)CCC1. The van der Waals surface area contributed by atoms with Gasteiger partial charge in [0.1, 0.15) is 5.41 Å². The highest BCUT2D eigenvalue weighted by Gasteiger charge is 2.52. The largest absolute Gasteiger partial charge is 0.480 e. The smallest absolute Gasteiger partial charge is 0.319 e. The minimum absolute atomic E-state index is 0.164. The number of nitrogens with zero attached hydrogens (tertiary/aromatic N) is 1. The molecule has 1 saturated carbocycles. The third kappa shape index (κ3) is 1.64. The maximum Gasteiger partial charge on any atom is 0.319 e. The first-order valence-electron chi connectivity index (χ1n) is 6.92. The van der Waals surface area contributed by atoms with Crippen LogP contribution in [0.4, 0.5) is 0 Å². The van der Waals surface area contributed by atoms with Gasteiger partial charge in [-0.05, 0) is 38.6 Å². The van der Waals surface area contributed by atoms with Crippen LogP contribution in [0.25, 0.3) is 0 Å². The second-order valence-corrected chi connectivity index (χ2v) is 5.85. The summed E-state index contributed by atoms with van der Waals surface area (Å²) in [6, 6.07) is 0.608. The number of carboxylic acids is 1. The number of nitrogens with one attached hydrogen (secondary N) is 1. The molecule has 1 aliphatic carbocycles. The van der Waals surface area contributed by atoms with Crippen molar-refractivity contribution in [2.45, 2.75) is 50.6 Å². The highest BCUT2D eigenvalue weighted by atomic mass is 16.4. The van der Waals surface area contributed by atoms with E-state index in [0.29, 0.717) is 18.9 Å². The first-order valence-corrected chi connectivity index (χ1v) is 6.92. The third-order valence-electron chi connectivity index (χ3n) is 4.97. The summed E-state index contributed by atoms with van der Waals surface area (Å²) in [5.41, 5.74) is -1.12. The van der Waals surface area contributed by atoms with E-state index in [1.165, 1.54) is 6.42 Å². The van der Waals surface area contributed by atoms with Crippen molar-refractivity contribution >= 4 is 11.9 Å². The Balaban J connectivity index is 1.66. The van der Waals surface area contributed by atoms with Crippen LogP contribution in [0.15, 0.2) is 0 Å². The van der Waals surface area contributed by atoms with Crippen LogP contribution in [0.1, 0.15) is 38.5 Å². The molecule has 3 fully saturated rings. The highest BCUT2D eigenvalue weighted by molar-refractivity contribution is 6.03. The van der Waals surface area contributed by atoms with E-state index in [0.717, 1.165) is 32.4 Å². The van der Waals surface area contributed by atoms with Crippen LogP contribution in [-0.4, -0.2) is 47.1 Å². The lowest BCUT2D eigenvalue weighted by Gasteiger charge is -2.37. The number of rotatable bonds is 3. The molecule has 2 heterocycles. The average molecular weight is 252 g/mol. The Morgan fingerprint density at radius 3 is 2.56 bits per heavy atom. The zero-order valence-corrected chi connectivity index (χ0v) is 10.5. The van der Waals surface area contributed by atoms with E-state index in [-0.39, 0.29) is 11.9 Å². The Hall–Kier alpha value is -1.10. The van der Waals surface area contributed by atoms with E-state index >= 15 is 0 Å². The number of carbonyl (C=O) groups excluding carboxylic acids is 1. The predicted molar refractivity (Wildman–Crippen MR) is 65.1 cm³/mol. The van der Waals surface area contributed by atoms with Crippen LogP contribution in [0, 0.1) is 5.41 Å². The molecule has 2 N–H and O–H groups in total. The molecule has 0 spiro atoms. The second-order valence-electron chi connectivity index (χ2n) is 5.85. The summed E-state index contributed by atoms with van der Waals surface area (Å²) in [4.78, 5) is 25.9. The van der Waals surface area contributed by atoms with Gasteiger partial charge in [-0.15, -0.1) is 0 Å². The summed E-state index contributed by atoms with van der Waals surface area (Å²) < 4.78 is 0. The Labute approximate surface area is 107 Å². The van der Waals surface area contributed by atoms with E-state index in [1.807, 2.05) is 0 Å². The highest BCUT2D eigenvalue weighted by Crippen LogP contribution is 2.42. The second kappa shape index (κ2) is 4.23. The van der Waals surface area contributed by atoms with Crippen molar-refractivity contribution in [1.29, 1.82) is 0 Å². The van der Waals surface area contributed by atoms with Crippen molar-refractivity contribution in [3.8, 4) is 0 Å². The Bertz CT molecular complexity index is 378. The fourth-order valence-corrected chi connectivity index (χ4v) is 3.63. The van der Waals surface area contributed by atoms with Gasteiger partial charge in [-0.1, -0.05) is 6.42 Å². The molecule has 5 nitrogen and oxygen atoms in total. The van der Waals surface area contributed by atoms with Crippen molar-refractivity contribution in [1.82, 2.24) is 10.2 Å². The van der Waals surface area contributed by atoms with Crippen LogP contribution in [0.3, 0.4) is 0 Å². The van der Waals surface area contributed by atoms with E-state index < -0.39 is 11.4 Å². The van der Waals surface area contributed by atoms with Crippen LogP contribution in [0.5, 0.6) is 0 Å². The molecular formula is C13H20N2O3. The standard InChI is InChI=1S/C13H20N2O3/c16-11(13(12(17)18)5-2-6-13)14-9-4-8-15-7-1-3-10(9)15/h9-10H,1-8H2,(H,14,16)(H,17,18). The summed E-state index contributed by atoms with van der Waals surface area (Å²) in [5, 5.41) is 12.3. The molecule has 2 atom stereocenters. The number of carbonyl (C=O) groups is 2. The van der Waals surface area contributed by atoms with E-state index in [1.54, 1.807) is 0 Å². The molecule has 2 aliphatic heterocycles. The fourth-order valence-electron chi connectivity index (χ4n) is 3.63. The molecule has 5 heteroatoms. The number of hydrogen-bond acceptors (Lipinski definition) is 3. The summed E-state index contributed by atoms with van der Waals surface area (Å²) in [5.74, 6) is -1.20. The van der Waals surface area contributed by atoms with E-state index in [2.05, 4.69) is 10.2 Å². The Morgan fingerprint density at radius 2 is 1.94 bits per heavy atom. The number of aliphatic carboxylic acids is 1. The molecule has 0 aromatic heterocycles. The summed E-state index contributed by atoms with van der Waals surface area (Å²) in [7, 11) is 0. The zero-order chi connectivity index (χ0) is 12.8. The first kappa shape index (κ1) is 12.0. The molecule has 3 aliphatic rings. The van der Waals surface area contributed by atoms with Crippen molar-refractivity contribution < 1.29 is 14.7 Å². The number of carboxylic acid groups (broad SMARTS) is 1. The van der Waals surface area contributed by atoms with Gasteiger partial charge >= 0.3 is 5.97 Å². The van der Waals surface area contributed by atoms with Gasteiger partial charge in [0.25, 0.3) is 0 Å². The topological polar surface area (TPSA) is 69.6 Å². The molecule has 0 aromatic rings. The van der Waals surface area contributed by atoms with Gasteiger partial charge in [-0.25, -0.2) is 0 Å². The lowest BCUT2D eigenvalue weighted by molar-refractivity contribution is -0.162. The van der Waals surface area contributed by atoms with Gasteiger partial charge < -0.3 is 10.4 Å². The number of amides is 1. The molecule has 100 valence electrons. The minimum atomic E-state index is -1.12. The predicted octanol–water partition coefficient (Wildman–Crippen LogP) is 0.594. The maximum absolute atomic E-state index is 12.2. The van der Waals surface area contributed by atoms with Crippen molar-refractivity contribution in [2.24, 2.45) is 5.41 Å². The Morgan fingerprint density at radius 1 is 1.17 bits per heavy atom. The monoisotopic (exact) mass is 252 g/mol. The van der Waals surface area contributed by atoms with Crippen LogP contribution in [-0.2, 0) is 9.59 Å². The molecule has 2 saturated heterocycles. The van der Waals surface area contributed by atoms with Gasteiger partial charge in [0, 0.05) is 18.6 Å². The molecule has 0 aromatic carbocycles. The first-order chi connectivity index (χ1) is 8.63. The number of fused-ring (bicyclic) bond motifs is 1. The third-order valence-corrected chi connectivity index (χ3v) is 4.97. The quantitative estimate of drug-likeness (QED) is 0.721. The maximum atomic E-state index is 12.2. The van der Waals surface area contributed by atoms with Crippen molar-refractivity contribution in [3.05, 3.63) is 0 Å². The summed E-state index contributed by atoms with van der Waals surface area (Å²) in [6.45, 7) is 2.16. The normalized spacial score (nSPS) is 33.8. The Kier molecular flexibility index (Phi) is 2.81. The molecule has 0 radical (unpaired) electrons. The molecule has 3 rings (SSSR count). The molecule has 18 heavy (non-hydrogen) atoms. The minimum Gasteiger partial charge on any atom is -0.480 e. The molecule has 1 amide bonds. The van der Waals surface area contributed by atoms with Crippen molar-refractivity contribution in [2.75, 3.05) is 13.1 Å². The lowest BCUT2D eigenvalue weighted by Crippen LogP contribution is -2.55. The molecular weight excluding hydrogens is 232 g/mol. The van der Waals surface area contributed by atoms with Crippen LogP contribution >= 0.6 is 0 Å². The summed E-state index contributed by atoms with van der Waals surface area (Å²) >= 11 is 0. The molecule has 0 bridgehead atoms. The summed E-state index contributed by atoms with van der Waals surface area (Å²) in [6.07, 6.45) is 5.13. The van der Waals surface area contributed by atoms with Gasteiger partial charge in [0.2, 0.25) is 5.91 Å². The van der Waals surface area contributed by atoms with E-state index in [9.17, 15) is 14.7 Å². The fraction of sp³-hybridized carbons (Fsp3) is 0.846. The van der Waals surface area contributed by atoms with Gasteiger partial charge in [-0.3, -0.25) is 14.5 Å². The van der Waals surface area contributed by atoms with Crippen molar-refractivity contribution in [3.63, 3.8) is 0 Å². The van der Waals surface area contributed by atoms with Gasteiger partial charge in [0.05, 0.1) is 0 Å². The lowest BCUT2D eigenvalue weighted by atomic mass is 9.68. The zero-order valence-electron chi connectivity index (χ0n) is 10.5. The van der Waals surface area contributed by atoms with Crippen LogP contribution in [0.2, 0.25) is 0 Å². The van der Waals surface area contributed by atoms with Crippen LogP contribution < -0.4 is 5.32 Å². The molecule has 2 unspecified atom stereocenters.